The molecular weight excluding hydrogens is 356 g/mol. The van der Waals surface area contributed by atoms with Crippen LogP contribution in [-0.4, -0.2) is 50.4 Å². The van der Waals surface area contributed by atoms with Crippen LogP contribution in [0.2, 0.25) is 0 Å². The van der Waals surface area contributed by atoms with Crippen molar-refractivity contribution in [1.82, 2.24) is 25.3 Å². The van der Waals surface area contributed by atoms with Crippen molar-refractivity contribution in [3.63, 3.8) is 0 Å². The number of ether oxygens (including phenoxy) is 1. The Morgan fingerprint density at radius 3 is 2.68 bits per heavy atom. The van der Waals surface area contributed by atoms with Crippen molar-refractivity contribution >= 4 is 5.82 Å². The van der Waals surface area contributed by atoms with Gasteiger partial charge in [0.1, 0.15) is 5.75 Å². The molecule has 144 valence electrons. The second-order valence-corrected chi connectivity index (χ2v) is 7.48. The Balaban J connectivity index is 1.46. The highest BCUT2D eigenvalue weighted by Gasteiger charge is 2.33. The summed E-state index contributed by atoms with van der Waals surface area (Å²) >= 11 is 0. The van der Waals surface area contributed by atoms with Crippen LogP contribution in [-0.2, 0) is 4.74 Å². The molecule has 0 radical (unpaired) electrons. The van der Waals surface area contributed by atoms with Crippen LogP contribution in [0.1, 0.15) is 18.9 Å². The first-order valence-electron chi connectivity index (χ1n) is 9.47. The molecule has 0 amide bonds. The van der Waals surface area contributed by atoms with E-state index < -0.39 is 0 Å². The van der Waals surface area contributed by atoms with Gasteiger partial charge in [0.15, 0.2) is 5.82 Å². The predicted molar refractivity (Wildman–Crippen MR) is 105 cm³/mol. The minimum absolute atomic E-state index is 0.159. The third kappa shape index (κ3) is 3.10. The summed E-state index contributed by atoms with van der Waals surface area (Å²) in [5.74, 6) is 0.501. The number of morpholine rings is 1. The lowest BCUT2D eigenvalue weighted by molar-refractivity contribution is 0.00855. The summed E-state index contributed by atoms with van der Waals surface area (Å²) in [6, 6.07) is 10.0. The molecule has 3 aromatic rings. The first kappa shape index (κ1) is 17.2. The second-order valence-electron chi connectivity index (χ2n) is 7.48. The third-order valence-electron chi connectivity index (χ3n) is 5.51. The Bertz CT molecular complexity index is 992. The number of piperidine rings is 1. The molecule has 0 spiro atoms. The highest BCUT2D eigenvalue weighted by Crippen LogP contribution is 2.33. The number of phenols is 1. The first-order chi connectivity index (χ1) is 13.7. The molecular formula is C20H22N6O2. The number of hydrogen-bond donors (Lipinski definition) is 3. The number of aromatic hydroxyl groups is 1. The van der Waals surface area contributed by atoms with Gasteiger partial charge in [-0.05, 0) is 31.0 Å². The summed E-state index contributed by atoms with van der Waals surface area (Å²) in [5, 5.41) is 26.6. The van der Waals surface area contributed by atoms with E-state index in [0.717, 1.165) is 37.2 Å². The number of para-hydroxylation sites is 1. The normalized spacial score (nSPS) is 24.2. The lowest BCUT2D eigenvalue weighted by atomic mass is 9.93. The van der Waals surface area contributed by atoms with E-state index in [1.54, 1.807) is 18.2 Å². The molecule has 1 aromatic carbocycles. The van der Waals surface area contributed by atoms with Crippen molar-refractivity contribution in [2.45, 2.75) is 31.0 Å². The minimum Gasteiger partial charge on any atom is -0.507 e. The number of anilines is 1. The maximum absolute atomic E-state index is 10.1. The molecule has 2 aromatic heterocycles. The van der Waals surface area contributed by atoms with Gasteiger partial charge < -0.3 is 20.9 Å². The number of nitrogens with two attached hydrogens (primary N) is 1. The van der Waals surface area contributed by atoms with Gasteiger partial charge >= 0.3 is 0 Å². The van der Waals surface area contributed by atoms with E-state index in [9.17, 15) is 5.11 Å². The van der Waals surface area contributed by atoms with Crippen molar-refractivity contribution in [3.8, 4) is 28.1 Å². The Kier molecular flexibility index (Phi) is 4.22. The summed E-state index contributed by atoms with van der Waals surface area (Å²) in [6.45, 7) is 1.51. The Morgan fingerprint density at radius 1 is 1.11 bits per heavy atom. The van der Waals surface area contributed by atoms with Gasteiger partial charge in [-0.3, -0.25) is 4.68 Å². The SMILES string of the molecule is Nc1nnc(-c2ccccc2O)cc1-c1cnn(C2C[C@H]3COC[C@@H](C2)N3)c1. The number of benzene rings is 1. The molecule has 2 fully saturated rings. The zero-order valence-corrected chi connectivity index (χ0v) is 15.3. The number of phenolic OH excluding ortho intramolecular Hbond substituents is 1. The summed E-state index contributed by atoms with van der Waals surface area (Å²) < 4.78 is 7.66. The lowest BCUT2D eigenvalue weighted by Gasteiger charge is -2.40. The highest BCUT2D eigenvalue weighted by atomic mass is 16.5. The van der Waals surface area contributed by atoms with Crippen molar-refractivity contribution in [3.05, 3.63) is 42.7 Å². The fourth-order valence-electron chi connectivity index (χ4n) is 4.15. The fourth-order valence-corrected chi connectivity index (χ4v) is 4.15. The van der Waals surface area contributed by atoms with Crippen LogP contribution < -0.4 is 11.1 Å². The number of nitrogens with one attached hydrogen (secondary N) is 1. The van der Waals surface area contributed by atoms with Gasteiger partial charge in [-0.25, -0.2) is 0 Å². The lowest BCUT2D eigenvalue weighted by Crippen LogP contribution is -2.54. The van der Waals surface area contributed by atoms with E-state index >= 15 is 0 Å². The molecule has 2 bridgehead atoms. The molecule has 28 heavy (non-hydrogen) atoms. The van der Waals surface area contributed by atoms with Crippen LogP contribution in [0.3, 0.4) is 0 Å². The Hall–Kier alpha value is -2.97. The zero-order valence-electron chi connectivity index (χ0n) is 15.3. The third-order valence-corrected chi connectivity index (χ3v) is 5.51. The van der Waals surface area contributed by atoms with Gasteiger partial charge in [0.05, 0.1) is 31.1 Å². The van der Waals surface area contributed by atoms with Crippen molar-refractivity contribution in [2.24, 2.45) is 0 Å². The minimum atomic E-state index is 0.159. The van der Waals surface area contributed by atoms with E-state index in [-0.39, 0.29) is 5.75 Å². The molecule has 2 aliphatic rings. The van der Waals surface area contributed by atoms with Gasteiger partial charge in [-0.1, -0.05) is 12.1 Å². The molecule has 0 aliphatic carbocycles. The summed E-state index contributed by atoms with van der Waals surface area (Å²) in [7, 11) is 0. The van der Waals surface area contributed by atoms with E-state index in [1.807, 2.05) is 29.2 Å². The largest absolute Gasteiger partial charge is 0.507 e. The number of aromatic nitrogens is 4. The second kappa shape index (κ2) is 6.88. The number of rotatable bonds is 3. The molecule has 4 N–H and O–H groups in total. The topological polar surface area (TPSA) is 111 Å². The van der Waals surface area contributed by atoms with Crippen LogP contribution in [0.5, 0.6) is 5.75 Å². The average molecular weight is 378 g/mol. The molecule has 5 rings (SSSR count). The van der Waals surface area contributed by atoms with E-state index in [0.29, 0.717) is 35.2 Å². The standard InChI is InChI=1S/C20H22N6O2/c21-20-17(7-18(24-25-20)16-3-1-2-4-19(16)27)12-8-22-26(9-12)15-5-13-10-28-11-14(6-15)23-13/h1-4,7-9,13-15,23,27H,5-6,10-11H2,(H2,21,25)/t13-,14+,15?. The number of fused-ring (bicyclic) bond motifs is 2. The number of hydrogen-bond acceptors (Lipinski definition) is 7. The molecule has 3 atom stereocenters. The number of nitrogens with zero attached hydrogens (tertiary/aromatic N) is 4. The molecule has 8 heteroatoms. The van der Waals surface area contributed by atoms with Gasteiger partial charge in [0, 0.05) is 35.0 Å². The molecule has 0 saturated carbocycles. The predicted octanol–water partition coefficient (Wildman–Crippen LogP) is 1.99. The fraction of sp³-hybridized carbons (Fsp3) is 0.350. The monoisotopic (exact) mass is 378 g/mol. The van der Waals surface area contributed by atoms with E-state index in [1.165, 1.54) is 0 Å². The zero-order chi connectivity index (χ0) is 19.1. The summed E-state index contributed by atoms with van der Waals surface area (Å²) in [4.78, 5) is 0. The first-order valence-corrected chi connectivity index (χ1v) is 9.47. The van der Waals surface area contributed by atoms with Crippen LogP contribution in [0, 0.1) is 0 Å². The van der Waals surface area contributed by atoms with Crippen molar-refractivity contribution in [1.29, 1.82) is 0 Å². The summed E-state index contributed by atoms with van der Waals surface area (Å²) in [6.07, 6.45) is 5.82. The van der Waals surface area contributed by atoms with Crippen molar-refractivity contribution in [2.75, 3.05) is 18.9 Å². The number of nitrogen functional groups attached to an aromatic ring is 1. The van der Waals surface area contributed by atoms with Crippen molar-refractivity contribution < 1.29 is 9.84 Å². The molecule has 8 nitrogen and oxygen atoms in total. The smallest absolute Gasteiger partial charge is 0.154 e. The van der Waals surface area contributed by atoms with E-state index in [4.69, 9.17) is 10.5 Å². The molecule has 4 heterocycles. The maximum atomic E-state index is 10.1. The highest BCUT2D eigenvalue weighted by molar-refractivity contribution is 5.78. The van der Waals surface area contributed by atoms with Crippen LogP contribution >= 0.6 is 0 Å². The van der Waals surface area contributed by atoms with Crippen LogP contribution in [0.4, 0.5) is 5.82 Å². The molecule has 2 aliphatic heterocycles. The van der Waals surface area contributed by atoms with Crippen LogP contribution in [0.25, 0.3) is 22.4 Å². The maximum Gasteiger partial charge on any atom is 0.154 e. The van der Waals surface area contributed by atoms with Crippen LogP contribution in [0.15, 0.2) is 42.7 Å². The van der Waals surface area contributed by atoms with E-state index in [2.05, 4.69) is 20.6 Å². The Morgan fingerprint density at radius 2 is 1.89 bits per heavy atom. The van der Waals surface area contributed by atoms with Gasteiger partial charge in [0.2, 0.25) is 0 Å². The molecule has 1 unspecified atom stereocenters. The summed E-state index contributed by atoms with van der Waals surface area (Å²) in [5.41, 5.74) is 8.95. The Labute approximate surface area is 162 Å². The average Bonchev–Trinajstić information content (AvgIpc) is 3.19. The van der Waals surface area contributed by atoms with Gasteiger partial charge in [0.25, 0.3) is 0 Å². The quantitative estimate of drug-likeness (QED) is 0.639. The van der Waals surface area contributed by atoms with Gasteiger partial charge in [-0.2, -0.15) is 5.10 Å². The molecule has 2 saturated heterocycles. The van der Waals surface area contributed by atoms with Gasteiger partial charge in [-0.15, -0.1) is 10.2 Å².